The zero-order valence-electron chi connectivity index (χ0n) is 19.8. The van der Waals surface area contributed by atoms with E-state index < -0.39 is 0 Å². The van der Waals surface area contributed by atoms with Crippen LogP contribution in [0.3, 0.4) is 0 Å². The number of carbonyl (C=O) groups excluding carboxylic acids is 1. The van der Waals surface area contributed by atoms with E-state index in [-0.39, 0.29) is 18.5 Å². The SMILES string of the molecule is CCCCCCCCCC(=O)OCc1nc(C(C)C)c(Sc2cc(Cl)cc(Cl)c2)n1CC. The van der Waals surface area contributed by atoms with Gasteiger partial charge in [0.15, 0.2) is 0 Å². The van der Waals surface area contributed by atoms with Crippen molar-refractivity contribution >= 4 is 40.9 Å². The van der Waals surface area contributed by atoms with Crippen molar-refractivity contribution in [2.75, 3.05) is 0 Å². The number of hydrogen-bond acceptors (Lipinski definition) is 4. The first-order valence-electron chi connectivity index (χ1n) is 11.7. The first-order chi connectivity index (χ1) is 15.3. The van der Waals surface area contributed by atoms with Crippen molar-refractivity contribution in [3.05, 3.63) is 39.8 Å². The Hall–Kier alpha value is -1.17. The molecule has 1 heterocycles. The van der Waals surface area contributed by atoms with Gasteiger partial charge < -0.3 is 9.30 Å². The van der Waals surface area contributed by atoms with Crippen molar-refractivity contribution in [1.29, 1.82) is 0 Å². The Balaban J connectivity index is 1.99. The number of nitrogens with zero attached hydrogens (tertiary/aromatic N) is 2. The van der Waals surface area contributed by atoms with E-state index in [0.29, 0.717) is 16.5 Å². The van der Waals surface area contributed by atoms with E-state index in [1.807, 2.05) is 12.1 Å². The summed E-state index contributed by atoms with van der Waals surface area (Å²) in [5, 5.41) is 2.25. The molecule has 0 saturated heterocycles. The number of halogens is 2. The second-order valence-electron chi connectivity index (χ2n) is 8.36. The second-order valence-corrected chi connectivity index (χ2v) is 10.3. The van der Waals surface area contributed by atoms with E-state index in [4.69, 9.17) is 32.9 Å². The Morgan fingerprint density at radius 3 is 2.25 bits per heavy atom. The maximum absolute atomic E-state index is 12.2. The highest BCUT2D eigenvalue weighted by Crippen LogP contribution is 2.37. The molecule has 0 spiro atoms. The fraction of sp³-hybridized carbons (Fsp3) is 0.600. The summed E-state index contributed by atoms with van der Waals surface area (Å²) in [6.45, 7) is 9.46. The Bertz CT molecular complexity index is 848. The predicted octanol–water partition coefficient (Wildman–Crippen LogP) is 8.67. The number of rotatable bonds is 14. The van der Waals surface area contributed by atoms with Crippen molar-refractivity contribution in [1.82, 2.24) is 9.55 Å². The van der Waals surface area contributed by atoms with Gasteiger partial charge in [-0.3, -0.25) is 4.79 Å². The van der Waals surface area contributed by atoms with Crippen LogP contribution >= 0.6 is 35.0 Å². The number of ether oxygens (including phenoxy) is 1. The molecule has 0 N–H and O–H groups in total. The summed E-state index contributed by atoms with van der Waals surface area (Å²) in [4.78, 5) is 18.0. The van der Waals surface area contributed by atoms with E-state index in [1.165, 1.54) is 32.1 Å². The Kier molecular flexibility index (Phi) is 12.0. The van der Waals surface area contributed by atoms with E-state index in [2.05, 4.69) is 32.3 Å². The third-order valence-corrected chi connectivity index (χ3v) is 6.82. The van der Waals surface area contributed by atoms with Crippen LogP contribution in [-0.4, -0.2) is 15.5 Å². The van der Waals surface area contributed by atoms with Crippen LogP contribution in [0.4, 0.5) is 0 Å². The normalized spacial score (nSPS) is 11.3. The average Bonchev–Trinajstić information content (AvgIpc) is 3.08. The Morgan fingerprint density at radius 2 is 1.66 bits per heavy atom. The zero-order chi connectivity index (χ0) is 23.5. The van der Waals surface area contributed by atoms with Crippen molar-refractivity contribution in [2.24, 2.45) is 0 Å². The maximum atomic E-state index is 12.2. The number of carbonyl (C=O) groups is 1. The molecule has 2 rings (SSSR count). The minimum absolute atomic E-state index is 0.147. The van der Waals surface area contributed by atoms with Crippen LogP contribution in [0.25, 0.3) is 0 Å². The van der Waals surface area contributed by atoms with Gasteiger partial charge in [-0.05, 0) is 37.5 Å². The van der Waals surface area contributed by atoms with Gasteiger partial charge >= 0.3 is 5.97 Å². The standard InChI is InChI=1S/C25H36Cl2N2O2S/c1-5-7-8-9-10-11-12-13-23(30)31-17-22-28-24(18(3)4)25(29(22)6-2)32-21-15-19(26)14-20(27)16-21/h14-16,18H,5-13,17H2,1-4H3. The van der Waals surface area contributed by atoms with Gasteiger partial charge in [-0.1, -0.05) is 94.3 Å². The molecule has 0 aliphatic heterocycles. The molecule has 0 saturated carbocycles. The molecule has 178 valence electrons. The number of benzene rings is 1. The van der Waals surface area contributed by atoms with Crippen molar-refractivity contribution < 1.29 is 9.53 Å². The first kappa shape index (κ1) is 27.1. The molecular formula is C25H36Cl2N2O2S. The first-order valence-corrected chi connectivity index (χ1v) is 13.3. The molecule has 32 heavy (non-hydrogen) atoms. The second kappa shape index (κ2) is 14.2. The molecule has 2 aromatic rings. The molecule has 0 unspecified atom stereocenters. The minimum atomic E-state index is -0.147. The van der Waals surface area contributed by atoms with Crippen LogP contribution in [0.15, 0.2) is 28.1 Å². The third kappa shape index (κ3) is 8.64. The van der Waals surface area contributed by atoms with Crippen molar-refractivity contribution in [3.8, 4) is 0 Å². The molecule has 1 aromatic carbocycles. The third-order valence-electron chi connectivity index (χ3n) is 5.29. The van der Waals surface area contributed by atoms with Gasteiger partial charge in [0, 0.05) is 27.9 Å². The fourth-order valence-electron chi connectivity index (χ4n) is 3.57. The smallest absolute Gasteiger partial charge is 0.306 e. The molecule has 0 radical (unpaired) electrons. The summed E-state index contributed by atoms with van der Waals surface area (Å²) in [7, 11) is 0. The summed E-state index contributed by atoms with van der Waals surface area (Å²) in [5.74, 6) is 0.869. The number of hydrogen-bond donors (Lipinski definition) is 0. The Morgan fingerprint density at radius 1 is 1.03 bits per heavy atom. The summed E-state index contributed by atoms with van der Waals surface area (Å²) < 4.78 is 7.70. The van der Waals surface area contributed by atoms with Crippen molar-refractivity contribution in [2.45, 2.75) is 108 Å². The lowest BCUT2D eigenvalue weighted by molar-refractivity contribution is -0.145. The number of esters is 1. The maximum Gasteiger partial charge on any atom is 0.306 e. The van der Waals surface area contributed by atoms with Crippen molar-refractivity contribution in [3.63, 3.8) is 0 Å². The quantitative estimate of drug-likeness (QED) is 0.193. The van der Waals surface area contributed by atoms with Gasteiger partial charge in [0.05, 0.1) is 5.69 Å². The van der Waals surface area contributed by atoms with Gasteiger partial charge in [-0.25, -0.2) is 4.98 Å². The molecule has 1 aromatic heterocycles. The van der Waals surface area contributed by atoms with Crippen LogP contribution in [0.2, 0.25) is 10.0 Å². The van der Waals surface area contributed by atoms with Gasteiger partial charge in [0.1, 0.15) is 17.5 Å². The molecule has 0 aliphatic rings. The molecule has 0 amide bonds. The minimum Gasteiger partial charge on any atom is -0.458 e. The highest BCUT2D eigenvalue weighted by Gasteiger charge is 2.21. The average molecular weight is 500 g/mol. The molecule has 0 atom stereocenters. The van der Waals surface area contributed by atoms with E-state index in [1.54, 1.807) is 17.8 Å². The topological polar surface area (TPSA) is 44.1 Å². The highest BCUT2D eigenvalue weighted by molar-refractivity contribution is 7.99. The van der Waals surface area contributed by atoms with E-state index in [0.717, 1.165) is 40.8 Å². The van der Waals surface area contributed by atoms with Crippen LogP contribution in [0.5, 0.6) is 0 Å². The monoisotopic (exact) mass is 498 g/mol. The molecular weight excluding hydrogens is 463 g/mol. The Labute approximate surface area is 207 Å². The van der Waals surface area contributed by atoms with E-state index >= 15 is 0 Å². The summed E-state index contributed by atoms with van der Waals surface area (Å²) in [5.41, 5.74) is 0.992. The lowest BCUT2D eigenvalue weighted by atomic mass is 10.1. The number of unbranched alkanes of at least 4 members (excludes halogenated alkanes) is 6. The van der Waals surface area contributed by atoms with Gasteiger partial charge in [-0.15, -0.1) is 0 Å². The van der Waals surface area contributed by atoms with Crippen LogP contribution in [0, 0.1) is 0 Å². The number of imidazole rings is 1. The van der Waals surface area contributed by atoms with Gasteiger partial charge in [0.2, 0.25) is 0 Å². The lowest BCUT2D eigenvalue weighted by Gasteiger charge is -2.12. The van der Waals surface area contributed by atoms with Crippen LogP contribution < -0.4 is 0 Å². The summed E-state index contributed by atoms with van der Waals surface area (Å²) in [6, 6.07) is 5.53. The van der Waals surface area contributed by atoms with E-state index in [9.17, 15) is 4.79 Å². The van der Waals surface area contributed by atoms with Gasteiger partial charge in [0.25, 0.3) is 0 Å². The van der Waals surface area contributed by atoms with Crippen LogP contribution in [0.1, 0.15) is 96.5 Å². The lowest BCUT2D eigenvalue weighted by Crippen LogP contribution is -2.09. The largest absolute Gasteiger partial charge is 0.458 e. The molecule has 0 aliphatic carbocycles. The zero-order valence-corrected chi connectivity index (χ0v) is 22.1. The molecule has 7 heteroatoms. The molecule has 0 fully saturated rings. The van der Waals surface area contributed by atoms with Gasteiger partial charge in [-0.2, -0.15) is 0 Å². The fourth-order valence-corrected chi connectivity index (χ4v) is 5.55. The number of aromatic nitrogens is 2. The summed E-state index contributed by atoms with van der Waals surface area (Å²) >= 11 is 14.0. The molecule has 0 bridgehead atoms. The summed E-state index contributed by atoms with van der Waals surface area (Å²) in [6.07, 6.45) is 8.75. The highest BCUT2D eigenvalue weighted by atomic mass is 35.5. The predicted molar refractivity (Wildman–Crippen MR) is 135 cm³/mol. The van der Waals surface area contributed by atoms with Crippen LogP contribution in [-0.2, 0) is 22.7 Å². The molecule has 4 nitrogen and oxygen atoms in total.